The van der Waals surface area contributed by atoms with Crippen molar-refractivity contribution in [3.8, 4) is 0 Å². The molecule has 0 unspecified atom stereocenters. The molecule has 2 aromatic rings. The van der Waals surface area contributed by atoms with E-state index < -0.39 is 0 Å². The standard InChI is InChI=1S/C24H27N3O3/c28-23(25-16-17-4-8-19(9-5-17)26-12-14-30-15-13-26)21-2-1-3-22-20(21)10-11-27(22)24(29)18-6-7-18/h1-5,8-9,18H,6-7,10-16H2,(H,25,28). The van der Waals surface area contributed by atoms with E-state index in [2.05, 4.69) is 34.5 Å². The normalized spacial score (nSPS) is 18.3. The van der Waals surface area contributed by atoms with Crippen molar-refractivity contribution < 1.29 is 14.3 Å². The van der Waals surface area contributed by atoms with Gasteiger partial charge in [-0.15, -0.1) is 0 Å². The van der Waals surface area contributed by atoms with E-state index in [1.807, 2.05) is 23.1 Å². The molecule has 2 amide bonds. The second kappa shape index (κ2) is 8.11. The van der Waals surface area contributed by atoms with Crippen molar-refractivity contribution in [3.63, 3.8) is 0 Å². The monoisotopic (exact) mass is 405 g/mol. The minimum Gasteiger partial charge on any atom is -0.378 e. The van der Waals surface area contributed by atoms with Crippen LogP contribution < -0.4 is 15.1 Å². The molecule has 2 aliphatic heterocycles. The van der Waals surface area contributed by atoms with Gasteiger partial charge < -0.3 is 19.9 Å². The molecule has 1 N–H and O–H groups in total. The van der Waals surface area contributed by atoms with E-state index in [1.54, 1.807) is 0 Å². The Morgan fingerprint density at radius 2 is 1.77 bits per heavy atom. The molecule has 5 rings (SSSR count). The average Bonchev–Trinajstić information content (AvgIpc) is 3.56. The van der Waals surface area contributed by atoms with Gasteiger partial charge in [-0.3, -0.25) is 9.59 Å². The molecular weight excluding hydrogens is 378 g/mol. The summed E-state index contributed by atoms with van der Waals surface area (Å²) in [6.07, 6.45) is 2.73. The van der Waals surface area contributed by atoms with Gasteiger partial charge in [-0.25, -0.2) is 0 Å². The molecule has 1 saturated carbocycles. The number of hydrogen-bond donors (Lipinski definition) is 1. The quantitative estimate of drug-likeness (QED) is 0.831. The molecular formula is C24H27N3O3. The van der Waals surface area contributed by atoms with Crippen LogP contribution >= 0.6 is 0 Å². The minimum absolute atomic E-state index is 0.0789. The number of fused-ring (bicyclic) bond motifs is 1. The van der Waals surface area contributed by atoms with Crippen LogP contribution in [0.15, 0.2) is 42.5 Å². The molecule has 0 radical (unpaired) electrons. The molecule has 2 aromatic carbocycles. The van der Waals surface area contributed by atoms with Gasteiger partial charge in [-0.1, -0.05) is 18.2 Å². The third-order valence-electron chi connectivity index (χ3n) is 6.23. The third kappa shape index (κ3) is 3.79. The topological polar surface area (TPSA) is 61.9 Å². The van der Waals surface area contributed by atoms with Crippen molar-refractivity contribution in [1.82, 2.24) is 5.32 Å². The van der Waals surface area contributed by atoms with Crippen molar-refractivity contribution in [1.29, 1.82) is 0 Å². The summed E-state index contributed by atoms with van der Waals surface area (Å²) in [6.45, 7) is 4.52. The molecule has 2 fully saturated rings. The summed E-state index contributed by atoms with van der Waals surface area (Å²) < 4.78 is 5.41. The Labute approximate surface area is 176 Å². The van der Waals surface area contributed by atoms with Crippen LogP contribution in [-0.2, 0) is 22.5 Å². The highest BCUT2D eigenvalue weighted by Crippen LogP contribution is 2.37. The third-order valence-corrected chi connectivity index (χ3v) is 6.23. The number of hydrogen-bond acceptors (Lipinski definition) is 4. The van der Waals surface area contributed by atoms with E-state index in [-0.39, 0.29) is 17.7 Å². The maximum atomic E-state index is 12.9. The Morgan fingerprint density at radius 1 is 1.00 bits per heavy atom. The number of ether oxygens (including phenoxy) is 1. The average molecular weight is 405 g/mol. The van der Waals surface area contributed by atoms with Crippen molar-refractivity contribution in [3.05, 3.63) is 59.2 Å². The first-order chi connectivity index (χ1) is 14.7. The second-order valence-corrected chi connectivity index (χ2v) is 8.27. The molecule has 0 atom stereocenters. The molecule has 0 bridgehead atoms. The zero-order valence-corrected chi connectivity index (χ0v) is 17.1. The summed E-state index contributed by atoms with van der Waals surface area (Å²) in [7, 11) is 0. The fraction of sp³-hybridized carbons (Fsp3) is 0.417. The molecule has 0 spiro atoms. The lowest BCUT2D eigenvalue weighted by Crippen LogP contribution is -2.36. The summed E-state index contributed by atoms with van der Waals surface area (Å²) in [5.41, 5.74) is 4.85. The summed E-state index contributed by atoms with van der Waals surface area (Å²) in [4.78, 5) is 29.6. The number of morpholine rings is 1. The van der Waals surface area contributed by atoms with Crippen molar-refractivity contribution in [2.24, 2.45) is 5.92 Å². The predicted molar refractivity (Wildman–Crippen MR) is 116 cm³/mol. The van der Waals surface area contributed by atoms with Gasteiger partial charge in [0.1, 0.15) is 0 Å². The maximum Gasteiger partial charge on any atom is 0.251 e. The fourth-order valence-electron chi connectivity index (χ4n) is 4.35. The molecule has 6 nitrogen and oxygen atoms in total. The van der Waals surface area contributed by atoms with Gasteiger partial charge in [0.25, 0.3) is 5.91 Å². The molecule has 30 heavy (non-hydrogen) atoms. The largest absolute Gasteiger partial charge is 0.378 e. The van der Waals surface area contributed by atoms with Crippen LogP contribution in [0.2, 0.25) is 0 Å². The van der Waals surface area contributed by atoms with Gasteiger partial charge >= 0.3 is 0 Å². The number of nitrogens with one attached hydrogen (secondary N) is 1. The Morgan fingerprint density at radius 3 is 2.50 bits per heavy atom. The summed E-state index contributed by atoms with van der Waals surface area (Å²) in [6, 6.07) is 14.0. The fourth-order valence-corrected chi connectivity index (χ4v) is 4.35. The van der Waals surface area contributed by atoms with Crippen LogP contribution in [-0.4, -0.2) is 44.7 Å². The molecule has 2 heterocycles. The summed E-state index contributed by atoms with van der Waals surface area (Å²) in [5, 5.41) is 3.05. The lowest BCUT2D eigenvalue weighted by atomic mass is 10.0. The number of anilines is 2. The highest BCUT2D eigenvalue weighted by Gasteiger charge is 2.37. The number of benzene rings is 2. The van der Waals surface area contributed by atoms with Crippen molar-refractivity contribution in [2.45, 2.75) is 25.8 Å². The maximum absolute atomic E-state index is 12.9. The number of carbonyl (C=O) groups excluding carboxylic acids is 2. The van der Waals surface area contributed by atoms with Gasteiger partial charge in [-0.05, 0) is 54.7 Å². The number of carbonyl (C=O) groups is 2. The molecule has 0 aromatic heterocycles. The predicted octanol–water partition coefficient (Wildman–Crippen LogP) is 2.75. The minimum atomic E-state index is -0.0789. The van der Waals surface area contributed by atoms with E-state index in [4.69, 9.17) is 4.74 Å². The first kappa shape index (κ1) is 19.1. The van der Waals surface area contributed by atoms with Gasteiger partial charge in [-0.2, -0.15) is 0 Å². The second-order valence-electron chi connectivity index (χ2n) is 8.27. The smallest absolute Gasteiger partial charge is 0.251 e. The zero-order chi connectivity index (χ0) is 20.5. The highest BCUT2D eigenvalue weighted by atomic mass is 16.5. The Hall–Kier alpha value is -2.86. The van der Waals surface area contributed by atoms with E-state index >= 15 is 0 Å². The van der Waals surface area contributed by atoms with Gasteiger partial charge in [0, 0.05) is 49.0 Å². The van der Waals surface area contributed by atoms with Crippen molar-refractivity contribution in [2.75, 3.05) is 42.6 Å². The van der Waals surface area contributed by atoms with Crippen LogP contribution in [0.1, 0.15) is 34.3 Å². The number of rotatable bonds is 5. The van der Waals surface area contributed by atoms with E-state index in [0.29, 0.717) is 18.7 Å². The van der Waals surface area contributed by atoms with Crippen molar-refractivity contribution >= 4 is 23.2 Å². The highest BCUT2D eigenvalue weighted by molar-refractivity contribution is 6.02. The lowest BCUT2D eigenvalue weighted by molar-refractivity contribution is -0.119. The Kier molecular flexibility index (Phi) is 5.17. The van der Waals surface area contributed by atoms with E-state index in [9.17, 15) is 9.59 Å². The zero-order valence-electron chi connectivity index (χ0n) is 17.1. The number of nitrogens with zero attached hydrogens (tertiary/aromatic N) is 2. The van der Waals surface area contributed by atoms with E-state index in [0.717, 1.165) is 62.4 Å². The van der Waals surface area contributed by atoms with Crippen LogP contribution in [0.5, 0.6) is 0 Å². The summed E-state index contributed by atoms with van der Waals surface area (Å²) >= 11 is 0. The molecule has 156 valence electrons. The van der Waals surface area contributed by atoms with Gasteiger partial charge in [0.05, 0.1) is 13.2 Å². The van der Waals surface area contributed by atoms with E-state index in [1.165, 1.54) is 5.69 Å². The Bertz CT molecular complexity index is 947. The molecule has 1 aliphatic carbocycles. The Balaban J connectivity index is 1.23. The first-order valence-electron chi connectivity index (χ1n) is 10.8. The summed E-state index contributed by atoms with van der Waals surface area (Å²) in [5.74, 6) is 0.324. The molecule has 1 saturated heterocycles. The lowest BCUT2D eigenvalue weighted by Gasteiger charge is -2.28. The van der Waals surface area contributed by atoms with Crippen LogP contribution in [0.4, 0.5) is 11.4 Å². The molecule has 3 aliphatic rings. The van der Waals surface area contributed by atoms with Gasteiger partial charge in [0.15, 0.2) is 0 Å². The first-order valence-corrected chi connectivity index (χ1v) is 10.8. The van der Waals surface area contributed by atoms with Gasteiger partial charge in [0.2, 0.25) is 5.91 Å². The number of amides is 2. The van der Waals surface area contributed by atoms with Crippen LogP contribution in [0.3, 0.4) is 0 Å². The van der Waals surface area contributed by atoms with Crippen LogP contribution in [0.25, 0.3) is 0 Å². The van der Waals surface area contributed by atoms with Crippen LogP contribution in [0, 0.1) is 5.92 Å². The molecule has 6 heteroatoms. The SMILES string of the molecule is O=C(NCc1ccc(N2CCOCC2)cc1)c1cccc2c1CCN2C(=O)C1CC1.